The van der Waals surface area contributed by atoms with Gasteiger partial charge in [-0.1, -0.05) is 0 Å². The van der Waals surface area contributed by atoms with Gasteiger partial charge in [0.25, 0.3) is 11.5 Å². The fourth-order valence-electron chi connectivity index (χ4n) is 2.02. The standard InChI is InChI=1S/C16H14F3N3O4/c1-22(15(25)12-3-2-8-20-14(12)24)9-13(23)21-10-4-6-11(7-5-10)26-16(17,18)19/h2-8H,9H2,1H3,(H,20,24)(H,21,23). The van der Waals surface area contributed by atoms with Crippen molar-refractivity contribution in [2.24, 2.45) is 0 Å². The molecular formula is C16H14F3N3O4. The summed E-state index contributed by atoms with van der Waals surface area (Å²) < 4.78 is 40.0. The Bertz CT molecular complexity index is 847. The van der Waals surface area contributed by atoms with Crippen LogP contribution < -0.4 is 15.6 Å². The molecule has 0 aliphatic carbocycles. The molecule has 1 heterocycles. The van der Waals surface area contributed by atoms with E-state index in [1.165, 1.54) is 37.5 Å². The van der Waals surface area contributed by atoms with Gasteiger partial charge in [0.15, 0.2) is 0 Å². The van der Waals surface area contributed by atoms with E-state index in [0.717, 1.165) is 17.0 Å². The second-order valence-electron chi connectivity index (χ2n) is 5.19. The number of anilines is 1. The Hall–Kier alpha value is -3.30. The summed E-state index contributed by atoms with van der Waals surface area (Å²) in [5.74, 6) is -1.65. The van der Waals surface area contributed by atoms with E-state index in [4.69, 9.17) is 0 Å². The number of rotatable bonds is 5. The van der Waals surface area contributed by atoms with E-state index in [9.17, 15) is 27.6 Å². The van der Waals surface area contributed by atoms with Gasteiger partial charge in [-0.05, 0) is 36.4 Å². The quantitative estimate of drug-likeness (QED) is 0.843. The summed E-state index contributed by atoms with van der Waals surface area (Å²) in [6, 6.07) is 7.34. The van der Waals surface area contributed by atoms with E-state index >= 15 is 0 Å². The molecule has 0 atom stereocenters. The largest absolute Gasteiger partial charge is 0.573 e. The Morgan fingerprint density at radius 1 is 1.19 bits per heavy atom. The van der Waals surface area contributed by atoms with Crippen molar-refractivity contribution in [3.05, 3.63) is 58.5 Å². The Kier molecular flexibility index (Phi) is 5.65. The number of hydrogen-bond donors (Lipinski definition) is 2. The van der Waals surface area contributed by atoms with Crippen LogP contribution in [0, 0.1) is 0 Å². The SMILES string of the molecule is CN(CC(=O)Nc1ccc(OC(F)(F)F)cc1)C(=O)c1ccc[nH]c1=O. The lowest BCUT2D eigenvalue weighted by Crippen LogP contribution is -2.37. The number of carbonyl (C=O) groups excluding carboxylic acids is 2. The number of carbonyl (C=O) groups is 2. The van der Waals surface area contributed by atoms with Crippen molar-refractivity contribution < 1.29 is 27.5 Å². The zero-order chi connectivity index (χ0) is 19.3. The molecule has 0 bridgehead atoms. The molecule has 0 radical (unpaired) electrons. The molecular weight excluding hydrogens is 355 g/mol. The first-order valence-electron chi connectivity index (χ1n) is 7.24. The average molecular weight is 369 g/mol. The normalized spacial score (nSPS) is 10.9. The second kappa shape index (κ2) is 7.72. The number of nitrogens with zero attached hydrogens (tertiary/aromatic N) is 1. The van der Waals surface area contributed by atoms with Crippen LogP contribution in [0.4, 0.5) is 18.9 Å². The summed E-state index contributed by atoms with van der Waals surface area (Å²) in [7, 11) is 1.34. The van der Waals surface area contributed by atoms with Crippen LogP contribution in [0.5, 0.6) is 5.75 Å². The molecule has 1 aromatic carbocycles. The first-order valence-corrected chi connectivity index (χ1v) is 7.24. The van der Waals surface area contributed by atoms with Crippen molar-refractivity contribution in [3.63, 3.8) is 0 Å². The zero-order valence-corrected chi connectivity index (χ0v) is 13.5. The number of H-pyrrole nitrogens is 1. The van der Waals surface area contributed by atoms with E-state index in [1.54, 1.807) is 0 Å². The number of benzene rings is 1. The van der Waals surface area contributed by atoms with Crippen LogP contribution in [0.2, 0.25) is 0 Å². The van der Waals surface area contributed by atoms with Crippen LogP contribution in [0.3, 0.4) is 0 Å². The number of amides is 2. The van der Waals surface area contributed by atoms with Gasteiger partial charge in [0.2, 0.25) is 5.91 Å². The average Bonchev–Trinajstić information content (AvgIpc) is 2.55. The minimum atomic E-state index is -4.80. The first kappa shape index (κ1) is 19.0. The monoisotopic (exact) mass is 369 g/mol. The fraction of sp³-hybridized carbons (Fsp3) is 0.188. The zero-order valence-electron chi connectivity index (χ0n) is 13.5. The van der Waals surface area contributed by atoms with Crippen LogP contribution in [-0.2, 0) is 4.79 Å². The van der Waals surface area contributed by atoms with Crippen LogP contribution >= 0.6 is 0 Å². The summed E-state index contributed by atoms with van der Waals surface area (Å²) in [5.41, 5.74) is -0.468. The number of pyridine rings is 1. The molecule has 7 nitrogen and oxygen atoms in total. The molecule has 2 N–H and O–H groups in total. The number of nitrogens with one attached hydrogen (secondary N) is 2. The molecule has 1 aromatic heterocycles. The lowest BCUT2D eigenvalue weighted by Gasteiger charge is -2.16. The van der Waals surface area contributed by atoms with Gasteiger partial charge in [0, 0.05) is 18.9 Å². The van der Waals surface area contributed by atoms with E-state index in [0.29, 0.717) is 0 Å². The lowest BCUT2D eigenvalue weighted by molar-refractivity contribution is -0.274. The van der Waals surface area contributed by atoms with Gasteiger partial charge >= 0.3 is 6.36 Å². The fourth-order valence-corrected chi connectivity index (χ4v) is 2.02. The predicted molar refractivity (Wildman–Crippen MR) is 85.8 cm³/mol. The molecule has 2 rings (SSSR count). The second-order valence-corrected chi connectivity index (χ2v) is 5.19. The molecule has 0 fully saturated rings. The van der Waals surface area contributed by atoms with Crippen LogP contribution in [0.25, 0.3) is 0 Å². The van der Waals surface area contributed by atoms with Crippen molar-refractivity contribution in [1.82, 2.24) is 9.88 Å². The Balaban J connectivity index is 1.95. The minimum Gasteiger partial charge on any atom is -0.406 e. The van der Waals surface area contributed by atoms with Gasteiger partial charge in [-0.15, -0.1) is 13.2 Å². The molecule has 0 aliphatic rings. The highest BCUT2D eigenvalue weighted by Gasteiger charge is 2.31. The maximum atomic E-state index is 12.1. The minimum absolute atomic E-state index is 0.114. The molecule has 0 unspecified atom stereocenters. The Morgan fingerprint density at radius 2 is 1.85 bits per heavy atom. The molecule has 10 heteroatoms. The summed E-state index contributed by atoms with van der Waals surface area (Å²) in [6.45, 7) is -0.353. The van der Waals surface area contributed by atoms with Crippen LogP contribution in [0.15, 0.2) is 47.4 Å². The number of ether oxygens (including phenoxy) is 1. The smallest absolute Gasteiger partial charge is 0.406 e. The van der Waals surface area contributed by atoms with Gasteiger partial charge < -0.3 is 19.9 Å². The molecule has 2 aromatic rings. The summed E-state index contributed by atoms with van der Waals surface area (Å²) in [4.78, 5) is 39.1. The Labute approximate surface area is 145 Å². The van der Waals surface area contributed by atoms with Crippen LogP contribution in [-0.4, -0.2) is 41.7 Å². The molecule has 0 saturated carbocycles. The molecule has 138 valence electrons. The maximum absolute atomic E-state index is 12.1. The van der Waals surface area contributed by atoms with Gasteiger partial charge in [-0.2, -0.15) is 0 Å². The van der Waals surface area contributed by atoms with Crippen molar-refractivity contribution in [3.8, 4) is 5.75 Å². The van der Waals surface area contributed by atoms with Crippen molar-refractivity contribution >= 4 is 17.5 Å². The molecule has 0 spiro atoms. The first-order chi connectivity index (χ1) is 12.2. The van der Waals surface area contributed by atoms with Crippen molar-refractivity contribution in [2.45, 2.75) is 6.36 Å². The van der Waals surface area contributed by atoms with E-state index in [2.05, 4.69) is 15.0 Å². The summed E-state index contributed by atoms with van der Waals surface area (Å²) >= 11 is 0. The summed E-state index contributed by atoms with van der Waals surface area (Å²) in [6.07, 6.45) is -3.43. The third-order valence-corrected chi connectivity index (χ3v) is 3.15. The maximum Gasteiger partial charge on any atom is 0.573 e. The number of likely N-dealkylation sites (N-methyl/N-ethyl adjacent to an activating group) is 1. The van der Waals surface area contributed by atoms with Gasteiger partial charge in [-0.3, -0.25) is 14.4 Å². The van der Waals surface area contributed by atoms with E-state index in [-0.39, 0.29) is 17.8 Å². The number of aromatic amines is 1. The van der Waals surface area contributed by atoms with Crippen LogP contribution in [0.1, 0.15) is 10.4 Å². The number of halogens is 3. The third-order valence-electron chi connectivity index (χ3n) is 3.15. The highest BCUT2D eigenvalue weighted by Crippen LogP contribution is 2.23. The number of aromatic nitrogens is 1. The Morgan fingerprint density at radius 3 is 2.42 bits per heavy atom. The highest BCUT2D eigenvalue weighted by atomic mass is 19.4. The van der Waals surface area contributed by atoms with E-state index < -0.39 is 29.5 Å². The lowest BCUT2D eigenvalue weighted by atomic mass is 10.2. The van der Waals surface area contributed by atoms with Gasteiger partial charge in [0.1, 0.15) is 11.3 Å². The summed E-state index contributed by atoms with van der Waals surface area (Å²) in [5, 5.41) is 2.43. The predicted octanol–water partition coefficient (Wildman–Crippen LogP) is 1.98. The van der Waals surface area contributed by atoms with Gasteiger partial charge in [0.05, 0.1) is 6.54 Å². The highest BCUT2D eigenvalue weighted by molar-refractivity contribution is 5.99. The van der Waals surface area contributed by atoms with Crippen molar-refractivity contribution in [2.75, 3.05) is 18.9 Å². The van der Waals surface area contributed by atoms with Gasteiger partial charge in [-0.25, -0.2) is 0 Å². The molecule has 0 aliphatic heterocycles. The van der Waals surface area contributed by atoms with Crippen molar-refractivity contribution in [1.29, 1.82) is 0 Å². The van der Waals surface area contributed by atoms with E-state index in [1.807, 2.05) is 0 Å². The molecule has 26 heavy (non-hydrogen) atoms. The molecule has 0 saturated heterocycles. The number of alkyl halides is 3. The molecule has 2 amide bonds. The third kappa shape index (κ3) is 5.36. The number of hydrogen-bond acceptors (Lipinski definition) is 4. The topological polar surface area (TPSA) is 91.5 Å².